The second kappa shape index (κ2) is 5.83. The highest BCUT2D eigenvalue weighted by Crippen LogP contribution is 2.25. The maximum atomic E-state index is 12.6. The van der Waals surface area contributed by atoms with E-state index in [1.807, 2.05) is 18.4 Å². The number of piperidine rings is 1. The molecule has 0 spiro atoms. The number of imidazole rings is 1. The fraction of sp³-hybridized carbons (Fsp3) is 0.769. The first-order valence-electron chi connectivity index (χ1n) is 7.12. The van der Waals surface area contributed by atoms with Crippen LogP contribution in [0.15, 0.2) is 11.2 Å². The van der Waals surface area contributed by atoms with Crippen LogP contribution in [-0.4, -0.2) is 46.6 Å². The summed E-state index contributed by atoms with van der Waals surface area (Å²) in [7, 11) is -3.55. The van der Waals surface area contributed by atoms with E-state index in [2.05, 4.69) is 4.98 Å². The summed E-state index contributed by atoms with van der Waals surface area (Å²) in [6.07, 6.45) is 2.46. The SMILES string of the molecule is CCC1CN(S(=O)(=O)c2cn(CC)c(C)n2)CCC1O. The Bertz CT molecular complexity index is 567. The zero-order valence-corrected chi connectivity index (χ0v) is 13.1. The van der Waals surface area contributed by atoms with Crippen molar-refractivity contribution >= 4 is 10.0 Å². The molecule has 0 bridgehead atoms. The van der Waals surface area contributed by atoms with Gasteiger partial charge >= 0.3 is 0 Å². The van der Waals surface area contributed by atoms with Crippen LogP contribution in [0.4, 0.5) is 0 Å². The average molecular weight is 301 g/mol. The molecule has 6 nitrogen and oxygen atoms in total. The predicted molar refractivity (Wildman–Crippen MR) is 75.8 cm³/mol. The van der Waals surface area contributed by atoms with E-state index in [0.717, 1.165) is 6.42 Å². The molecule has 1 aromatic rings. The molecule has 0 radical (unpaired) electrons. The van der Waals surface area contributed by atoms with E-state index in [1.54, 1.807) is 13.1 Å². The molecule has 0 aliphatic carbocycles. The van der Waals surface area contributed by atoms with Crippen LogP contribution in [0.5, 0.6) is 0 Å². The molecule has 1 N–H and O–H groups in total. The number of hydrogen-bond donors (Lipinski definition) is 1. The third kappa shape index (κ3) is 2.75. The fourth-order valence-electron chi connectivity index (χ4n) is 2.66. The molecule has 2 atom stereocenters. The molecule has 0 aromatic carbocycles. The summed E-state index contributed by atoms with van der Waals surface area (Å²) in [6, 6.07) is 0. The molecule has 0 amide bonds. The Kier molecular flexibility index (Phi) is 4.51. The minimum atomic E-state index is -3.55. The van der Waals surface area contributed by atoms with Gasteiger partial charge in [0.2, 0.25) is 0 Å². The predicted octanol–water partition coefficient (Wildman–Crippen LogP) is 0.993. The monoisotopic (exact) mass is 301 g/mol. The Morgan fingerprint density at radius 2 is 2.15 bits per heavy atom. The number of aliphatic hydroxyl groups is 1. The quantitative estimate of drug-likeness (QED) is 0.900. The minimum Gasteiger partial charge on any atom is -0.393 e. The Balaban J connectivity index is 2.25. The molecule has 1 saturated heterocycles. The van der Waals surface area contributed by atoms with Crippen molar-refractivity contribution in [2.45, 2.75) is 51.3 Å². The van der Waals surface area contributed by atoms with Crippen LogP contribution >= 0.6 is 0 Å². The number of aromatic nitrogens is 2. The van der Waals surface area contributed by atoms with E-state index in [-0.39, 0.29) is 10.9 Å². The van der Waals surface area contributed by atoms with Crippen LogP contribution in [0.2, 0.25) is 0 Å². The molecule has 114 valence electrons. The number of aryl methyl sites for hydroxylation is 2. The molecule has 20 heavy (non-hydrogen) atoms. The van der Waals surface area contributed by atoms with Crippen molar-refractivity contribution < 1.29 is 13.5 Å². The van der Waals surface area contributed by atoms with Gasteiger partial charge in [-0.3, -0.25) is 0 Å². The normalized spacial score (nSPS) is 25.0. The van der Waals surface area contributed by atoms with Gasteiger partial charge in [-0.15, -0.1) is 0 Å². The van der Waals surface area contributed by atoms with Crippen molar-refractivity contribution in [1.82, 2.24) is 13.9 Å². The van der Waals surface area contributed by atoms with E-state index in [9.17, 15) is 13.5 Å². The van der Waals surface area contributed by atoms with Crippen molar-refractivity contribution in [2.24, 2.45) is 5.92 Å². The van der Waals surface area contributed by atoms with Crippen molar-refractivity contribution in [3.63, 3.8) is 0 Å². The number of sulfonamides is 1. The van der Waals surface area contributed by atoms with Crippen LogP contribution < -0.4 is 0 Å². The van der Waals surface area contributed by atoms with Gasteiger partial charge in [-0.1, -0.05) is 6.92 Å². The molecule has 0 saturated carbocycles. The van der Waals surface area contributed by atoms with Gasteiger partial charge in [0, 0.05) is 25.8 Å². The molecule has 1 aromatic heterocycles. The highest BCUT2D eigenvalue weighted by atomic mass is 32.2. The van der Waals surface area contributed by atoms with Crippen LogP contribution in [0.25, 0.3) is 0 Å². The number of hydrogen-bond acceptors (Lipinski definition) is 4. The molecule has 1 fully saturated rings. The van der Waals surface area contributed by atoms with Crippen LogP contribution in [0.1, 0.15) is 32.5 Å². The number of aliphatic hydroxyl groups excluding tert-OH is 1. The van der Waals surface area contributed by atoms with E-state index in [1.165, 1.54) is 4.31 Å². The largest absolute Gasteiger partial charge is 0.393 e. The third-order valence-corrected chi connectivity index (χ3v) is 5.82. The highest BCUT2D eigenvalue weighted by molar-refractivity contribution is 7.89. The Morgan fingerprint density at radius 1 is 1.45 bits per heavy atom. The highest BCUT2D eigenvalue weighted by Gasteiger charge is 2.35. The first-order chi connectivity index (χ1) is 9.40. The summed E-state index contributed by atoms with van der Waals surface area (Å²) in [6.45, 7) is 7.16. The molecular formula is C13H23N3O3S. The molecule has 2 heterocycles. The zero-order valence-electron chi connectivity index (χ0n) is 12.3. The standard InChI is InChI=1S/C13H23N3O3S/c1-4-11-8-16(7-6-12(11)17)20(18,19)13-9-15(5-2)10(3)14-13/h9,11-12,17H,4-8H2,1-3H3. The van der Waals surface area contributed by atoms with Crippen LogP contribution in [-0.2, 0) is 16.6 Å². The summed E-state index contributed by atoms with van der Waals surface area (Å²) in [5.74, 6) is 0.711. The van der Waals surface area contributed by atoms with Crippen molar-refractivity contribution in [3.05, 3.63) is 12.0 Å². The van der Waals surface area contributed by atoms with Crippen molar-refractivity contribution in [2.75, 3.05) is 13.1 Å². The fourth-order valence-corrected chi connectivity index (χ4v) is 4.17. The lowest BCUT2D eigenvalue weighted by Gasteiger charge is -2.34. The first-order valence-corrected chi connectivity index (χ1v) is 8.56. The summed E-state index contributed by atoms with van der Waals surface area (Å²) in [4.78, 5) is 4.17. The van der Waals surface area contributed by atoms with Crippen LogP contribution in [0.3, 0.4) is 0 Å². The van der Waals surface area contributed by atoms with Gasteiger partial charge in [0.1, 0.15) is 5.82 Å². The van der Waals surface area contributed by atoms with Gasteiger partial charge in [0.05, 0.1) is 6.10 Å². The van der Waals surface area contributed by atoms with E-state index in [0.29, 0.717) is 31.9 Å². The van der Waals surface area contributed by atoms with Crippen LogP contribution in [0, 0.1) is 12.8 Å². The second-order valence-corrected chi connectivity index (χ2v) is 7.18. The molecule has 7 heteroatoms. The lowest BCUT2D eigenvalue weighted by Crippen LogP contribution is -2.45. The maximum absolute atomic E-state index is 12.6. The second-order valence-electron chi connectivity index (χ2n) is 5.30. The Hall–Kier alpha value is -0.920. The van der Waals surface area contributed by atoms with Gasteiger partial charge in [0.25, 0.3) is 10.0 Å². The van der Waals surface area contributed by atoms with Crippen molar-refractivity contribution in [1.29, 1.82) is 0 Å². The van der Waals surface area contributed by atoms with E-state index in [4.69, 9.17) is 0 Å². The smallest absolute Gasteiger partial charge is 0.262 e. The van der Waals surface area contributed by atoms with Gasteiger partial charge in [-0.2, -0.15) is 4.31 Å². The number of rotatable bonds is 4. The van der Waals surface area contributed by atoms with Gasteiger partial charge in [-0.05, 0) is 32.6 Å². The Labute approximate surface area is 120 Å². The zero-order chi connectivity index (χ0) is 14.9. The molecule has 2 rings (SSSR count). The summed E-state index contributed by atoms with van der Waals surface area (Å²) >= 11 is 0. The number of nitrogens with zero attached hydrogens (tertiary/aromatic N) is 3. The Morgan fingerprint density at radius 3 is 2.70 bits per heavy atom. The van der Waals surface area contributed by atoms with E-state index >= 15 is 0 Å². The molecule has 1 aliphatic rings. The van der Waals surface area contributed by atoms with E-state index < -0.39 is 16.1 Å². The molecule has 1 aliphatic heterocycles. The molecular weight excluding hydrogens is 278 g/mol. The van der Waals surface area contributed by atoms with Gasteiger partial charge in [0.15, 0.2) is 5.03 Å². The summed E-state index contributed by atoms with van der Waals surface area (Å²) < 4.78 is 28.5. The minimum absolute atomic E-state index is 0.00730. The summed E-state index contributed by atoms with van der Waals surface area (Å²) in [5, 5.41) is 9.98. The summed E-state index contributed by atoms with van der Waals surface area (Å²) in [5.41, 5.74) is 0. The molecule has 2 unspecified atom stereocenters. The topological polar surface area (TPSA) is 75.4 Å². The van der Waals surface area contributed by atoms with Crippen molar-refractivity contribution in [3.8, 4) is 0 Å². The third-order valence-electron chi connectivity index (χ3n) is 4.08. The lowest BCUT2D eigenvalue weighted by molar-refractivity contribution is 0.0520. The first kappa shape index (κ1) is 15.5. The maximum Gasteiger partial charge on any atom is 0.262 e. The van der Waals surface area contributed by atoms with Gasteiger partial charge < -0.3 is 9.67 Å². The van der Waals surface area contributed by atoms with Gasteiger partial charge in [-0.25, -0.2) is 13.4 Å². The average Bonchev–Trinajstić information content (AvgIpc) is 2.81. The lowest BCUT2D eigenvalue weighted by atomic mass is 9.94.